The molecule has 0 aliphatic heterocycles. The first-order chi connectivity index (χ1) is 17.0. The number of phenolic OH excluding ortho intramolecular Hbond substituents is 1. The van der Waals surface area contributed by atoms with Gasteiger partial charge in [-0.2, -0.15) is 0 Å². The third-order valence-corrected chi connectivity index (χ3v) is 5.89. The number of rotatable bonds is 11. The Bertz CT molecular complexity index is 1290. The van der Waals surface area contributed by atoms with Gasteiger partial charge in [-0.1, -0.05) is 42.5 Å². The van der Waals surface area contributed by atoms with E-state index in [-0.39, 0.29) is 17.4 Å². The maximum absolute atomic E-state index is 12.4. The standard InChI is InChI=1S/C27H32N2O6S/c1-18(2)35-26-16-21(11-12-24(26)27(32)29-36(3,33)34)20-9-7-19(8-10-20)13-14-28-17-25(31)22-5-4-6-23(30)15-22/h4-12,15-16,18,25,28,30-31H,13-14,17H2,1-3H3,(H,29,32)/t25-/m0/s1. The average Bonchev–Trinajstić information content (AvgIpc) is 2.80. The number of ether oxygens (including phenoxy) is 1. The average molecular weight is 513 g/mol. The van der Waals surface area contributed by atoms with Crippen molar-refractivity contribution >= 4 is 15.9 Å². The molecular weight excluding hydrogens is 480 g/mol. The molecule has 0 heterocycles. The van der Waals surface area contributed by atoms with Crippen molar-refractivity contribution in [2.45, 2.75) is 32.5 Å². The number of sulfonamides is 1. The second-order valence-electron chi connectivity index (χ2n) is 8.84. The van der Waals surface area contributed by atoms with Crippen LogP contribution in [0.1, 0.15) is 41.4 Å². The minimum absolute atomic E-state index is 0.126. The molecule has 0 saturated heterocycles. The number of hydrogen-bond donors (Lipinski definition) is 4. The smallest absolute Gasteiger partial charge is 0.268 e. The Morgan fingerprint density at radius 3 is 2.33 bits per heavy atom. The van der Waals surface area contributed by atoms with E-state index in [1.54, 1.807) is 42.5 Å². The van der Waals surface area contributed by atoms with Gasteiger partial charge in [0.2, 0.25) is 10.0 Å². The molecule has 8 nitrogen and oxygen atoms in total. The zero-order valence-corrected chi connectivity index (χ0v) is 21.4. The second kappa shape index (κ2) is 12.0. The fourth-order valence-corrected chi connectivity index (χ4v) is 4.10. The van der Waals surface area contributed by atoms with Gasteiger partial charge in [0.05, 0.1) is 24.0 Å². The van der Waals surface area contributed by atoms with Crippen molar-refractivity contribution < 1.29 is 28.2 Å². The topological polar surface area (TPSA) is 125 Å². The summed E-state index contributed by atoms with van der Waals surface area (Å²) in [4.78, 5) is 12.4. The van der Waals surface area contributed by atoms with Crippen LogP contribution in [0.15, 0.2) is 66.7 Å². The number of aliphatic hydroxyl groups excluding tert-OH is 1. The van der Waals surface area contributed by atoms with Gasteiger partial charge >= 0.3 is 0 Å². The molecule has 3 rings (SSSR count). The fraction of sp³-hybridized carbons (Fsp3) is 0.296. The van der Waals surface area contributed by atoms with Gasteiger partial charge < -0.3 is 20.3 Å². The molecule has 0 unspecified atom stereocenters. The van der Waals surface area contributed by atoms with Crippen LogP contribution >= 0.6 is 0 Å². The van der Waals surface area contributed by atoms with E-state index in [1.807, 2.05) is 42.8 Å². The van der Waals surface area contributed by atoms with Crippen molar-refractivity contribution in [2.24, 2.45) is 0 Å². The van der Waals surface area contributed by atoms with Crippen molar-refractivity contribution in [1.29, 1.82) is 0 Å². The van der Waals surface area contributed by atoms with Crippen molar-refractivity contribution in [1.82, 2.24) is 10.0 Å². The lowest BCUT2D eigenvalue weighted by Crippen LogP contribution is -2.30. The number of hydrogen-bond acceptors (Lipinski definition) is 7. The highest BCUT2D eigenvalue weighted by molar-refractivity contribution is 7.89. The number of carbonyl (C=O) groups excluding carboxylic acids is 1. The normalized spacial score (nSPS) is 12.4. The molecule has 9 heteroatoms. The highest BCUT2D eigenvalue weighted by Gasteiger charge is 2.18. The van der Waals surface area contributed by atoms with Crippen LogP contribution in [0, 0.1) is 0 Å². The van der Waals surface area contributed by atoms with Crippen molar-refractivity contribution in [3.8, 4) is 22.6 Å². The van der Waals surface area contributed by atoms with E-state index in [0.717, 1.165) is 29.4 Å². The van der Waals surface area contributed by atoms with Gasteiger partial charge in [-0.15, -0.1) is 0 Å². The minimum atomic E-state index is -3.70. The highest BCUT2D eigenvalue weighted by atomic mass is 32.2. The molecule has 1 atom stereocenters. The predicted octanol–water partition coefficient (Wildman–Crippen LogP) is 3.40. The van der Waals surface area contributed by atoms with E-state index in [4.69, 9.17) is 4.74 Å². The van der Waals surface area contributed by atoms with Crippen LogP contribution in [0.4, 0.5) is 0 Å². The summed E-state index contributed by atoms with van der Waals surface area (Å²) in [6.45, 7) is 4.71. The molecule has 0 aliphatic carbocycles. The van der Waals surface area contributed by atoms with E-state index in [2.05, 4.69) is 5.32 Å². The van der Waals surface area contributed by atoms with Gasteiger partial charge in [0.1, 0.15) is 11.5 Å². The molecule has 0 radical (unpaired) electrons. The summed E-state index contributed by atoms with van der Waals surface area (Å²) in [6.07, 6.45) is 0.783. The molecule has 0 saturated carbocycles. The van der Waals surface area contributed by atoms with Crippen LogP contribution in [0.25, 0.3) is 11.1 Å². The summed E-state index contributed by atoms with van der Waals surface area (Å²) >= 11 is 0. The molecule has 0 spiro atoms. The van der Waals surface area contributed by atoms with E-state index >= 15 is 0 Å². The van der Waals surface area contributed by atoms with E-state index in [9.17, 15) is 23.4 Å². The van der Waals surface area contributed by atoms with Gasteiger partial charge in [0.15, 0.2) is 0 Å². The molecule has 0 aliphatic rings. The van der Waals surface area contributed by atoms with E-state index < -0.39 is 22.0 Å². The quantitative estimate of drug-likeness (QED) is 0.290. The Hall–Kier alpha value is -3.40. The third kappa shape index (κ3) is 8.08. The lowest BCUT2D eigenvalue weighted by molar-refractivity contribution is 0.0976. The molecule has 0 fully saturated rings. The molecule has 0 aromatic heterocycles. The van der Waals surface area contributed by atoms with Crippen LogP contribution in [0.2, 0.25) is 0 Å². The molecule has 36 heavy (non-hydrogen) atoms. The summed E-state index contributed by atoms with van der Waals surface area (Å²) < 4.78 is 30.7. The summed E-state index contributed by atoms with van der Waals surface area (Å²) in [5.74, 6) is -0.305. The van der Waals surface area contributed by atoms with Crippen LogP contribution in [0.3, 0.4) is 0 Å². The molecule has 3 aromatic rings. The molecule has 4 N–H and O–H groups in total. The maximum Gasteiger partial charge on any atom is 0.268 e. The second-order valence-corrected chi connectivity index (χ2v) is 10.6. The van der Waals surface area contributed by atoms with Crippen molar-refractivity contribution in [3.05, 3.63) is 83.4 Å². The Morgan fingerprint density at radius 2 is 1.69 bits per heavy atom. The number of amides is 1. The Balaban J connectivity index is 1.63. The molecule has 0 bridgehead atoms. The predicted molar refractivity (Wildman–Crippen MR) is 140 cm³/mol. The first-order valence-corrected chi connectivity index (χ1v) is 13.5. The maximum atomic E-state index is 12.4. The number of aromatic hydroxyl groups is 1. The third-order valence-electron chi connectivity index (χ3n) is 5.34. The summed E-state index contributed by atoms with van der Waals surface area (Å²) in [5.41, 5.74) is 3.68. The summed E-state index contributed by atoms with van der Waals surface area (Å²) in [7, 11) is -3.70. The van der Waals surface area contributed by atoms with Crippen molar-refractivity contribution in [2.75, 3.05) is 19.3 Å². The summed E-state index contributed by atoms with van der Waals surface area (Å²) in [5, 5.41) is 23.0. The van der Waals surface area contributed by atoms with Gasteiger partial charge in [0, 0.05) is 6.54 Å². The zero-order chi connectivity index (χ0) is 26.3. The van der Waals surface area contributed by atoms with Crippen LogP contribution in [-0.2, 0) is 16.4 Å². The van der Waals surface area contributed by atoms with Gasteiger partial charge in [-0.05, 0) is 73.3 Å². The Labute approximate surface area is 212 Å². The van der Waals surface area contributed by atoms with Crippen LogP contribution in [-0.4, -0.2) is 50.0 Å². The number of phenols is 1. The first kappa shape index (κ1) is 27.2. The summed E-state index contributed by atoms with van der Waals surface area (Å²) in [6, 6.07) is 19.6. The van der Waals surface area contributed by atoms with Gasteiger partial charge in [0.25, 0.3) is 5.91 Å². The number of nitrogens with one attached hydrogen (secondary N) is 2. The largest absolute Gasteiger partial charge is 0.508 e. The minimum Gasteiger partial charge on any atom is -0.508 e. The van der Waals surface area contributed by atoms with E-state index in [1.165, 1.54) is 0 Å². The lowest BCUT2D eigenvalue weighted by Gasteiger charge is -2.16. The zero-order valence-electron chi connectivity index (χ0n) is 20.6. The molecule has 1 amide bonds. The Kier molecular flexibility index (Phi) is 9.08. The van der Waals surface area contributed by atoms with Crippen LogP contribution < -0.4 is 14.8 Å². The van der Waals surface area contributed by atoms with E-state index in [0.29, 0.717) is 24.4 Å². The SMILES string of the molecule is CC(C)Oc1cc(-c2ccc(CCNC[C@H](O)c3cccc(O)c3)cc2)ccc1C(=O)NS(C)(=O)=O. The van der Waals surface area contributed by atoms with Crippen LogP contribution in [0.5, 0.6) is 11.5 Å². The van der Waals surface area contributed by atoms with Crippen molar-refractivity contribution in [3.63, 3.8) is 0 Å². The lowest BCUT2D eigenvalue weighted by atomic mass is 10.0. The number of carbonyl (C=O) groups is 1. The fourth-order valence-electron chi connectivity index (χ4n) is 3.65. The Morgan fingerprint density at radius 1 is 1.00 bits per heavy atom. The molecule has 192 valence electrons. The first-order valence-electron chi connectivity index (χ1n) is 11.6. The number of aliphatic hydroxyl groups is 1. The number of benzene rings is 3. The monoisotopic (exact) mass is 512 g/mol. The highest BCUT2D eigenvalue weighted by Crippen LogP contribution is 2.29. The van der Waals surface area contributed by atoms with Gasteiger partial charge in [-0.3, -0.25) is 4.79 Å². The van der Waals surface area contributed by atoms with Gasteiger partial charge in [-0.25, -0.2) is 13.1 Å². The molecular formula is C27H32N2O6S. The molecule has 3 aromatic carbocycles.